The summed E-state index contributed by atoms with van der Waals surface area (Å²) in [4.78, 5) is 3.76. The molecule has 0 saturated carbocycles. The fourth-order valence-electron chi connectivity index (χ4n) is 1.34. The van der Waals surface area contributed by atoms with Crippen molar-refractivity contribution in [1.82, 2.24) is 10.3 Å². The predicted octanol–water partition coefficient (Wildman–Crippen LogP) is 2.04. The summed E-state index contributed by atoms with van der Waals surface area (Å²) in [5.41, 5.74) is 0. The first-order valence-electron chi connectivity index (χ1n) is 4.69. The van der Waals surface area contributed by atoms with E-state index in [4.69, 9.17) is 9.47 Å². The molecule has 1 N–H and O–H groups in total. The molecule has 0 aliphatic heterocycles. The van der Waals surface area contributed by atoms with Crippen LogP contribution in [0.3, 0.4) is 0 Å². The molecule has 1 aromatic heterocycles. The molecule has 1 atom stereocenters. The zero-order chi connectivity index (χ0) is 13.1. The molecule has 4 nitrogen and oxygen atoms in total. The molecule has 17 heavy (non-hydrogen) atoms. The van der Waals surface area contributed by atoms with E-state index in [1.807, 2.05) is 0 Å². The Bertz CT molecular complexity index is 352. The lowest BCUT2D eigenvalue weighted by atomic mass is 10.2. The van der Waals surface area contributed by atoms with Gasteiger partial charge < -0.3 is 14.8 Å². The summed E-state index contributed by atoms with van der Waals surface area (Å²) in [5.74, 6) is 0. The molecule has 0 aliphatic rings. The van der Waals surface area contributed by atoms with Crippen LogP contribution in [-0.2, 0) is 15.7 Å². The number of hydrogen-bond donors (Lipinski definition) is 1. The number of rotatable bonds is 5. The van der Waals surface area contributed by atoms with Gasteiger partial charge in [0.1, 0.15) is 0 Å². The van der Waals surface area contributed by atoms with Crippen LogP contribution >= 0.6 is 11.3 Å². The number of methoxy groups -OCH3 is 2. The highest BCUT2D eigenvalue weighted by Gasteiger charge is 2.36. The van der Waals surface area contributed by atoms with Crippen molar-refractivity contribution in [3.8, 4) is 0 Å². The van der Waals surface area contributed by atoms with Crippen molar-refractivity contribution in [2.24, 2.45) is 0 Å². The highest BCUT2D eigenvalue weighted by molar-refractivity contribution is 7.11. The van der Waals surface area contributed by atoms with Crippen molar-refractivity contribution >= 4 is 11.3 Å². The van der Waals surface area contributed by atoms with Crippen molar-refractivity contribution in [3.63, 3.8) is 0 Å². The van der Waals surface area contributed by atoms with Crippen LogP contribution in [0.4, 0.5) is 13.2 Å². The Kier molecular flexibility index (Phi) is 4.87. The van der Waals surface area contributed by atoms with E-state index in [2.05, 4.69) is 10.3 Å². The number of hydrogen-bond acceptors (Lipinski definition) is 5. The van der Waals surface area contributed by atoms with E-state index in [1.54, 1.807) is 7.05 Å². The summed E-state index contributed by atoms with van der Waals surface area (Å²) in [6.07, 6.45) is -3.90. The summed E-state index contributed by atoms with van der Waals surface area (Å²) in [5, 5.41) is 1.96. The molecule has 0 amide bonds. The van der Waals surface area contributed by atoms with E-state index in [9.17, 15) is 13.2 Å². The number of ether oxygens (including phenoxy) is 2. The maximum absolute atomic E-state index is 12.4. The Labute approximate surface area is 101 Å². The second kappa shape index (κ2) is 5.76. The lowest BCUT2D eigenvalue weighted by Crippen LogP contribution is -2.31. The van der Waals surface area contributed by atoms with Crippen LogP contribution in [0.1, 0.15) is 15.9 Å². The molecule has 0 radical (unpaired) electrons. The Morgan fingerprint density at radius 3 is 2.29 bits per heavy atom. The van der Waals surface area contributed by atoms with Gasteiger partial charge in [0.2, 0.25) is 0 Å². The van der Waals surface area contributed by atoms with Gasteiger partial charge in [-0.05, 0) is 7.05 Å². The number of nitrogens with one attached hydrogen (secondary N) is 1. The van der Waals surface area contributed by atoms with E-state index in [0.717, 1.165) is 0 Å². The van der Waals surface area contributed by atoms with Gasteiger partial charge >= 0.3 is 6.18 Å². The van der Waals surface area contributed by atoms with Crippen LogP contribution in [0.5, 0.6) is 0 Å². The summed E-state index contributed by atoms with van der Waals surface area (Å²) in [6, 6.07) is -0.487. The maximum Gasteiger partial charge on any atom is 0.443 e. The fraction of sp³-hybridized carbons (Fsp3) is 0.667. The van der Waals surface area contributed by atoms with Crippen molar-refractivity contribution < 1.29 is 22.6 Å². The molecule has 1 heterocycles. The topological polar surface area (TPSA) is 43.4 Å². The largest absolute Gasteiger partial charge is 0.443 e. The van der Waals surface area contributed by atoms with Gasteiger partial charge in [-0.3, -0.25) is 0 Å². The lowest BCUT2D eigenvalue weighted by molar-refractivity contribution is -0.137. The minimum Gasteiger partial charge on any atom is -0.354 e. The SMILES string of the molecule is CNC(c1cnc(C(F)(F)F)s1)C(OC)OC. The van der Waals surface area contributed by atoms with Crippen molar-refractivity contribution in [2.75, 3.05) is 21.3 Å². The van der Waals surface area contributed by atoms with Gasteiger partial charge in [-0.25, -0.2) is 4.98 Å². The highest BCUT2D eigenvalue weighted by Crippen LogP contribution is 2.35. The fourth-order valence-corrected chi connectivity index (χ4v) is 2.25. The van der Waals surface area contributed by atoms with Crippen LogP contribution in [0.2, 0.25) is 0 Å². The zero-order valence-corrected chi connectivity index (χ0v) is 10.4. The van der Waals surface area contributed by atoms with Crippen LogP contribution < -0.4 is 5.32 Å². The Hall–Kier alpha value is -0.700. The average molecular weight is 270 g/mol. The second-order valence-electron chi connectivity index (χ2n) is 3.17. The van der Waals surface area contributed by atoms with E-state index in [-0.39, 0.29) is 0 Å². The van der Waals surface area contributed by atoms with Gasteiger partial charge in [0, 0.05) is 25.3 Å². The number of thiazole rings is 1. The van der Waals surface area contributed by atoms with E-state index >= 15 is 0 Å². The third-order valence-corrected chi connectivity index (χ3v) is 3.25. The molecule has 0 spiro atoms. The van der Waals surface area contributed by atoms with Gasteiger partial charge in [-0.1, -0.05) is 0 Å². The quantitative estimate of drug-likeness (QED) is 0.832. The van der Waals surface area contributed by atoms with Crippen molar-refractivity contribution in [1.29, 1.82) is 0 Å². The number of halogens is 3. The van der Waals surface area contributed by atoms with Gasteiger partial charge in [0.25, 0.3) is 0 Å². The Morgan fingerprint density at radius 2 is 1.94 bits per heavy atom. The molecular weight excluding hydrogens is 257 g/mol. The Balaban J connectivity index is 2.93. The first kappa shape index (κ1) is 14.4. The van der Waals surface area contributed by atoms with E-state index in [1.165, 1.54) is 20.4 Å². The zero-order valence-electron chi connectivity index (χ0n) is 9.54. The minimum atomic E-state index is -4.42. The summed E-state index contributed by atoms with van der Waals surface area (Å²) in [6.45, 7) is 0. The average Bonchev–Trinajstić information content (AvgIpc) is 2.74. The maximum atomic E-state index is 12.4. The third kappa shape index (κ3) is 3.38. The standard InChI is InChI=1S/C9H13F3N2O2S/c1-13-6(7(15-2)16-3)5-4-14-8(17-5)9(10,11)12/h4,6-7,13H,1-3H3. The van der Waals surface area contributed by atoms with Crippen LogP contribution in [-0.4, -0.2) is 32.5 Å². The molecular formula is C9H13F3N2O2S. The molecule has 0 saturated heterocycles. The van der Waals surface area contributed by atoms with Crippen LogP contribution in [0.25, 0.3) is 0 Å². The van der Waals surface area contributed by atoms with Crippen LogP contribution in [0, 0.1) is 0 Å². The molecule has 0 aliphatic carbocycles. The van der Waals surface area contributed by atoms with Crippen molar-refractivity contribution in [3.05, 3.63) is 16.1 Å². The van der Waals surface area contributed by atoms with Gasteiger partial charge in [-0.15, -0.1) is 11.3 Å². The molecule has 1 unspecified atom stereocenters. The molecule has 0 fully saturated rings. The van der Waals surface area contributed by atoms with E-state index in [0.29, 0.717) is 16.2 Å². The highest BCUT2D eigenvalue weighted by atomic mass is 32.1. The predicted molar refractivity (Wildman–Crippen MR) is 56.7 cm³/mol. The smallest absolute Gasteiger partial charge is 0.354 e. The Morgan fingerprint density at radius 1 is 1.35 bits per heavy atom. The first-order valence-corrected chi connectivity index (χ1v) is 5.51. The molecule has 0 bridgehead atoms. The van der Waals surface area contributed by atoms with Gasteiger partial charge in [-0.2, -0.15) is 13.2 Å². The number of nitrogens with zero attached hydrogens (tertiary/aromatic N) is 1. The summed E-state index contributed by atoms with van der Waals surface area (Å²) >= 11 is 0.573. The van der Waals surface area contributed by atoms with Gasteiger partial charge in [0.05, 0.1) is 6.04 Å². The molecule has 1 rings (SSSR count). The monoisotopic (exact) mass is 270 g/mol. The van der Waals surface area contributed by atoms with Gasteiger partial charge in [0.15, 0.2) is 11.3 Å². The second-order valence-corrected chi connectivity index (χ2v) is 4.23. The van der Waals surface area contributed by atoms with E-state index < -0.39 is 23.5 Å². The molecule has 0 aromatic carbocycles. The first-order chi connectivity index (χ1) is 7.93. The summed E-state index contributed by atoms with van der Waals surface area (Å²) < 4.78 is 47.2. The summed E-state index contributed by atoms with van der Waals surface area (Å²) in [7, 11) is 4.46. The van der Waals surface area contributed by atoms with Crippen molar-refractivity contribution in [2.45, 2.75) is 18.5 Å². The molecule has 98 valence electrons. The number of likely N-dealkylation sites (N-methyl/N-ethyl adjacent to an activating group) is 1. The lowest BCUT2D eigenvalue weighted by Gasteiger charge is -2.22. The third-order valence-electron chi connectivity index (χ3n) is 2.12. The minimum absolute atomic E-state index is 0.411. The number of alkyl halides is 3. The van der Waals surface area contributed by atoms with Crippen LogP contribution in [0.15, 0.2) is 6.20 Å². The normalized spacial score (nSPS) is 14.3. The molecule has 1 aromatic rings. The molecule has 8 heteroatoms. The number of aromatic nitrogens is 1.